The number of hydrogen-bond acceptors (Lipinski definition) is 6. The maximum Gasteiger partial charge on any atom is 0.359 e. The van der Waals surface area contributed by atoms with Crippen molar-refractivity contribution in [2.45, 2.75) is 0 Å². The Hall–Kier alpha value is -3.03. The van der Waals surface area contributed by atoms with Crippen molar-refractivity contribution in [3.05, 3.63) is 54.4 Å². The van der Waals surface area contributed by atoms with Crippen molar-refractivity contribution in [2.75, 3.05) is 37.7 Å². The molecule has 1 aliphatic rings. The predicted octanol–water partition coefficient (Wildman–Crippen LogP) is 1.12. The molecule has 1 fully saturated rings. The van der Waals surface area contributed by atoms with Crippen LogP contribution in [0.1, 0.15) is 10.5 Å². The van der Waals surface area contributed by atoms with Gasteiger partial charge in [0.15, 0.2) is 12.3 Å². The minimum absolute atomic E-state index is 0.0661. The average Bonchev–Trinajstić information content (AvgIpc) is 2.67. The van der Waals surface area contributed by atoms with Gasteiger partial charge < -0.3 is 14.5 Å². The van der Waals surface area contributed by atoms with Gasteiger partial charge in [0.2, 0.25) is 0 Å². The second-order valence-corrected chi connectivity index (χ2v) is 5.51. The minimum atomic E-state index is -0.675. The number of esters is 1. The van der Waals surface area contributed by atoms with Crippen LogP contribution in [0, 0.1) is 5.82 Å². The third-order valence-electron chi connectivity index (χ3n) is 3.92. The summed E-state index contributed by atoms with van der Waals surface area (Å²) in [7, 11) is 0. The molecule has 7 nitrogen and oxygen atoms in total. The van der Waals surface area contributed by atoms with Gasteiger partial charge in [0.05, 0.1) is 6.20 Å². The van der Waals surface area contributed by atoms with Gasteiger partial charge >= 0.3 is 5.97 Å². The zero-order valence-electron chi connectivity index (χ0n) is 13.5. The molecule has 1 saturated heterocycles. The molecule has 1 aliphatic heterocycles. The van der Waals surface area contributed by atoms with Crippen molar-refractivity contribution in [1.82, 2.24) is 14.9 Å². The van der Waals surface area contributed by atoms with E-state index in [1.165, 1.54) is 30.7 Å². The topological polar surface area (TPSA) is 75.6 Å². The van der Waals surface area contributed by atoms with Gasteiger partial charge in [0.25, 0.3) is 5.91 Å². The van der Waals surface area contributed by atoms with E-state index < -0.39 is 5.97 Å². The molecule has 25 heavy (non-hydrogen) atoms. The number of aromatic nitrogens is 2. The van der Waals surface area contributed by atoms with E-state index in [2.05, 4.69) is 14.9 Å². The van der Waals surface area contributed by atoms with Crippen LogP contribution in [0.15, 0.2) is 42.9 Å². The van der Waals surface area contributed by atoms with E-state index >= 15 is 0 Å². The van der Waals surface area contributed by atoms with Gasteiger partial charge in [0.1, 0.15) is 5.82 Å². The second kappa shape index (κ2) is 7.69. The summed E-state index contributed by atoms with van der Waals surface area (Å²) in [5, 5.41) is 0. The quantitative estimate of drug-likeness (QED) is 0.774. The van der Waals surface area contributed by atoms with Crippen molar-refractivity contribution >= 4 is 17.6 Å². The minimum Gasteiger partial charge on any atom is -0.451 e. The Labute approximate surface area is 144 Å². The van der Waals surface area contributed by atoms with Crippen LogP contribution >= 0.6 is 0 Å². The molecular formula is C17H17FN4O3. The molecule has 8 heteroatoms. The van der Waals surface area contributed by atoms with E-state index in [1.54, 1.807) is 17.0 Å². The average molecular weight is 344 g/mol. The van der Waals surface area contributed by atoms with E-state index in [9.17, 15) is 14.0 Å². The fraction of sp³-hybridized carbons (Fsp3) is 0.294. The molecule has 0 unspecified atom stereocenters. The second-order valence-electron chi connectivity index (χ2n) is 5.51. The molecule has 2 heterocycles. The van der Waals surface area contributed by atoms with Crippen molar-refractivity contribution in [3.8, 4) is 0 Å². The number of nitrogens with zero attached hydrogens (tertiary/aromatic N) is 4. The summed E-state index contributed by atoms with van der Waals surface area (Å²) in [4.78, 5) is 35.3. The Morgan fingerprint density at radius 1 is 1.08 bits per heavy atom. The van der Waals surface area contributed by atoms with Gasteiger partial charge in [-0.25, -0.2) is 14.2 Å². The molecule has 0 atom stereocenters. The number of rotatable bonds is 4. The Morgan fingerprint density at radius 3 is 2.44 bits per heavy atom. The number of anilines is 1. The number of hydrogen-bond donors (Lipinski definition) is 0. The maximum absolute atomic E-state index is 13.0. The molecule has 1 amide bonds. The Kier molecular flexibility index (Phi) is 5.17. The number of carbonyl (C=O) groups excluding carboxylic acids is 2. The first-order valence-corrected chi connectivity index (χ1v) is 7.85. The lowest BCUT2D eigenvalue weighted by molar-refractivity contribution is -0.134. The molecular weight excluding hydrogens is 327 g/mol. The molecule has 1 aromatic heterocycles. The molecule has 0 radical (unpaired) electrons. The van der Waals surface area contributed by atoms with E-state index in [4.69, 9.17) is 4.74 Å². The highest BCUT2D eigenvalue weighted by molar-refractivity contribution is 5.89. The smallest absolute Gasteiger partial charge is 0.359 e. The Morgan fingerprint density at radius 2 is 1.80 bits per heavy atom. The van der Waals surface area contributed by atoms with Gasteiger partial charge in [-0.05, 0) is 24.3 Å². The van der Waals surface area contributed by atoms with Crippen LogP contribution in [-0.2, 0) is 9.53 Å². The maximum atomic E-state index is 13.0. The third-order valence-corrected chi connectivity index (χ3v) is 3.92. The van der Waals surface area contributed by atoms with E-state index in [0.717, 1.165) is 5.69 Å². The largest absolute Gasteiger partial charge is 0.451 e. The van der Waals surface area contributed by atoms with Gasteiger partial charge in [-0.15, -0.1) is 0 Å². The molecule has 0 saturated carbocycles. The van der Waals surface area contributed by atoms with E-state index in [0.29, 0.717) is 26.2 Å². The molecule has 0 spiro atoms. The van der Waals surface area contributed by atoms with Crippen molar-refractivity contribution in [3.63, 3.8) is 0 Å². The van der Waals surface area contributed by atoms with Gasteiger partial charge in [-0.2, -0.15) is 0 Å². The van der Waals surface area contributed by atoms with Crippen LogP contribution < -0.4 is 4.90 Å². The number of benzene rings is 1. The first kappa shape index (κ1) is 16.8. The Bertz CT molecular complexity index is 731. The summed E-state index contributed by atoms with van der Waals surface area (Å²) < 4.78 is 18.0. The fourth-order valence-electron chi connectivity index (χ4n) is 2.56. The number of ether oxygens (including phenoxy) is 1. The van der Waals surface area contributed by atoms with Crippen molar-refractivity contribution in [1.29, 1.82) is 0 Å². The molecule has 130 valence electrons. The Balaban J connectivity index is 1.47. The molecule has 1 aromatic carbocycles. The molecule has 3 rings (SSSR count). The summed E-state index contributed by atoms with van der Waals surface area (Å²) in [5.74, 6) is -1.20. The SMILES string of the molecule is O=C(OCC(=O)N1CCN(c2ccc(F)cc2)CC1)c1cnccn1. The summed E-state index contributed by atoms with van der Waals surface area (Å²) in [6.07, 6.45) is 4.11. The van der Waals surface area contributed by atoms with E-state index in [-0.39, 0.29) is 24.0 Å². The third kappa shape index (κ3) is 4.28. The van der Waals surface area contributed by atoms with Crippen molar-refractivity contribution in [2.24, 2.45) is 0 Å². The lowest BCUT2D eigenvalue weighted by Gasteiger charge is -2.36. The van der Waals surface area contributed by atoms with Crippen LogP contribution in [0.2, 0.25) is 0 Å². The molecule has 0 aliphatic carbocycles. The van der Waals surface area contributed by atoms with Crippen LogP contribution in [0.3, 0.4) is 0 Å². The van der Waals surface area contributed by atoms with Crippen LogP contribution in [0.5, 0.6) is 0 Å². The zero-order chi connectivity index (χ0) is 17.6. The van der Waals surface area contributed by atoms with Gasteiger partial charge in [0, 0.05) is 44.3 Å². The first-order valence-electron chi connectivity index (χ1n) is 7.85. The molecule has 0 N–H and O–H groups in total. The number of halogens is 1. The first-order chi connectivity index (χ1) is 12.1. The summed E-state index contributed by atoms with van der Waals surface area (Å²) in [6, 6.07) is 6.27. The van der Waals surface area contributed by atoms with Crippen molar-refractivity contribution < 1.29 is 18.7 Å². The summed E-state index contributed by atoms with van der Waals surface area (Å²) in [6.45, 7) is 1.97. The van der Waals surface area contributed by atoms with Gasteiger partial charge in [-0.1, -0.05) is 0 Å². The normalized spacial score (nSPS) is 14.3. The zero-order valence-corrected chi connectivity index (χ0v) is 13.5. The highest BCUT2D eigenvalue weighted by atomic mass is 19.1. The lowest BCUT2D eigenvalue weighted by Crippen LogP contribution is -2.49. The fourth-order valence-corrected chi connectivity index (χ4v) is 2.56. The number of carbonyl (C=O) groups is 2. The van der Waals surface area contributed by atoms with Gasteiger partial charge in [-0.3, -0.25) is 9.78 Å². The van der Waals surface area contributed by atoms with Crippen LogP contribution in [0.4, 0.5) is 10.1 Å². The summed E-state index contributed by atoms with van der Waals surface area (Å²) >= 11 is 0. The summed E-state index contributed by atoms with van der Waals surface area (Å²) in [5.41, 5.74) is 0.985. The van der Waals surface area contributed by atoms with E-state index in [1.807, 2.05) is 0 Å². The number of piperazine rings is 1. The predicted molar refractivity (Wildman–Crippen MR) is 87.5 cm³/mol. The highest BCUT2D eigenvalue weighted by Crippen LogP contribution is 2.17. The number of amides is 1. The highest BCUT2D eigenvalue weighted by Gasteiger charge is 2.22. The lowest BCUT2D eigenvalue weighted by atomic mass is 10.2. The van der Waals surface area contributed by atoms with Crippen LogP contribution in [0.25, 0.3) is 0 Å². The molecule has 0 bridgehead atoms. The molecule has 2 aromatic rings. The standard InChI is InChI=1S/C17H17FN4O3/c18-13-1-3-14(4-2-13)21-7-9-22(10-8-21)16(23)12-25-17(24)15-11-19-5-6-20-15/h1-6,11H,7-10,12H2. The van der Waals surface area contributed by atoms with Crippen LogP contribution in [-0.4, -0.2) is 59.5 Å². The monoisotopic (exact) mass is 344 g/mol.